The maximum atomic E-state index is 11.3. The van der Waals surface area contributed by atoms with E-state index in [1.807, 2.05) is 0 Å². The number of methoxy groups -OCH3 is 4. The van der Waals surface area contributed by atoms with Gasteiger partial charge in [-0.25, -0.2) is 4.79 Å². The van der Waals surface area contributed by atoms with Crippen LogP contribution in [0.15, 0.2) is 24.3 Å². The van der Waals surface area contributed by atoms with Crippen molar-refractivity contribution in [1.29, 1.82) is 0 Å². The Labute approximate surface area is 130 Å². The maximum absolute atomic E-state index is 11.3. The van der Waals surface area contributed by atoms with Crippen molar-refractivity contribution in [1.82, 2.24) is 0 Å². The summed E-state index contributed by atoms with van der Waals surface area (Å²) in [5.41, 5.74) is 0.626. The number of hydrogen-bond acceptors (Lipinski definition) is 6. The van der Waals surface area contributed by atoms with Crippen molar-refractivity contribution >= 4 is 5.97 Å². The first kappa shape index (κ1) is 17.8. The summed E-state index contributed by atoms with van der Waals surface area (Å²) in [4.78, 5) is 11.3. The number of carbonyl (C=O) groups is 1. The first-order valence-corrected chi connectivity index (χ1v) is 6.72. The molecule has 0 aliphatic carbocycles. The summed E-state index contributed by atoms with van der Waals surface area (Å²) in [5.74, 6) is 0.555. The molecule has 0 fully saturated rings. The lowest BCUT2D eigenvalue weighted by atomic mass is 9.91. The second-order valence-electron chi connectivity index (χ2n) is 4.59. The van der Waals surface area contributed by atoms with Gasteiger partial charge in [0.2, 0.25) is 0 Å². The number of ether oxygens (including phenoxy) is 4. The van der Waals surface area contributed by atoms with E-state index in [1.54, 1.807) is 25.1 Å². The number of rotatable bonds is 7. The van der Waals surface area contributed by atoms with Crippen LogP contribution in [0.3, 0.4) is 0 Å². The third-order valence-electron chi connectivity index (χ3n) is 3.25. The zero-order valence-corrected chi connectivity index (χ0v) is 13.5. The summed E-state index contributed by atoms with van der Waals surface area (Å²) in [7, 11) is 5.86. The van der Waals surface area contributed by atoms with Crippen molar-refractivity contribution in [2.45, 2.75) is 18.9 Å². The topological polar surface area (TPSA) is 74.2 Å². The molecule has 6 nitrogen and oxygen atoms in total. The van der Waals surface area contributed by atoms with E-state index < -0.39 is 18.0 Å². The van der Waals surface area contributed by atoms with Crippen LogP contribution in [-0.4, -0.2) is 45.6 Å². The van der Waals surface area contributed by atoms with Gasteiger partial charge >= 0.3 is 5.97 Å². The fourth-order valence-corrected chi connectivity index (χ4v) is 2.11. The average molecular weight is 310 g/mol. The van der Waals surface area contributed by atoms with Crippen molar-refractivity contribution in [3.63, 3.8) is 0 Å². The first-order valence-electron chi connectivity index (χ1n) is 6.72. The van der Waals surface area contributed by atoms with Gasteiger partial charge in [-0.1, -0.05) is 6.08 Å². The number of carbonyl (C=O) groups excluding carboxylic acids is 1. The summed E-state index contributed by atoms with van der Waals surface area (Å²) in [5, 5.41) is 10.1. The second kappa shape index (κ2) is 8.29. The van der Waals surface area contributed by atoms with Gasteiger partial charge in [-0.2, -0.15) is 0 Å². The van der Waals surface area contributed by atoms with Gasteiger partial charge in [-0.05, 0) is 6.92 Å². The fraction of sp³-hybridized carbons (Fsp3) is 0.438. The van der Waals surface area contributed by atoms with Gasteiger partial charge < -0.3 is 24.1 Å². The molecule has 2 atom stereocenters. The highest BCUT2D eigenvalue weighted by atomic mass is 16.5. The van der Waals surface area contributed by atoms with Crippen LogP contribution < -0.4 is 14.2 Å². The lowest BCUT2D eigenvalue weighted by Gasteiger charge is -2.22. The lowest BCUT2D eigenvalue weighted by molar-refractivity contribution is -0.134. The van der Waals surface area contributed by atoms with Gasteiger partial charge in [0.25, 0.3) is 0 Å². The fourth-order valence-electron chi connectivity index (χ4n) is 2.11. The van der Waals surface area contributed by atoms with E-state index in [-0.39, 0.29) is 0 Å². The van der Waals surface area contributed by atoms with Gasteiger partial charge in [0, 0.05) is 29.7 Å². The minimum absolute atomic E-state index is 0.497. The summed E-state index contributed by atoms with van der Waals surface area (Å²) in [6, 6.07) is 3.39. The Hall–Kier alpha value is -2.21. The second-order valence-corrected chi connectivity index (χ2v) is 4.59. The van der Waals surface area contributed by atoms with Crippen LogP contribution in [0, 0.1) is 0 Å². The van der Waals surface area contributed by atoms with E-state index in [9.17, 15) is 9.90 Å². The van der Waals surface area contributed by atoms with Crippen LogP contribution in [0.2, 0.25) is 0 Å². The zero-order valence-electron chi connectivity index (χ0n) is 13.5. The third-order valence-corrected chi connectivity index (χ3v) is 3.25. The molecule has 0 unspecified atom stereocenters. The number of hydrogen-bond donors (Lipinski definition) is 1. The van der Waals surface area contributed by atoms with Crippen LogP contribution in [0.5, 0.6) is 17.2 Å². The highest BCUT2D eigenvalue weighted by Crippen LogP contribution is 2.41. The minimum atomic E-state index is -0.767. The van der Waals surface area contributed by atoms with Crippen molar-refractivity contribution < 1.29 is 28.8 Å². The van der Waals surface area contributed by atoms with Crippen LogP contribution in [-0.2, 0) is 9.53 Å². The third kappa shape index (κ3) is 4.14. The Morgan fingerprint density at radius 3 is 2.00 bits per heavy atom. The molecule has 22 heavy (non-hydrogen) atoms. The molecule has 0 aliphatic rings. The normalized spacial score (nSPS) is 13.5. The van der Waals surface area contributed by atoms with Gasteiger partial charge in [0.15, 0.2) is 0 Å². The number of aliphatic hydroxyl groups is 1. The Kier molecular flexibility index (Phi) is 6.72. The van der Waals surface area contributed by atoms with Crippen LogP contribution in [0.25, 0.3) is 0 Å². The minimum Gasteiger partial charge on any atom is -0.496 e. The van der Waals surface area contributed by atoms with Crippen LogP contribution >= 0.6 is 0 Å². The molecule has 6 heteroatoms. The molecule has 1 aromatic carbocycles. The quantitative estimate of drug-likeness (QED) is 0.612. The standard InChI is InChI=1S/C16H22O6/c1-10(17)12(6-7-15(18)22-5)16-13(20-3)8-11(19-2)9-14(16)21-4/h6-10,12,17H,1-5H3/b7-6+/t10-,12+/m1/s1. The summed E-state index contributed by atoms with van der Waals surface area (Å²) in [6.07, 6.45) is 2.06. The predicted molar refractivity (Wildman–Crippen MR) is 81.7 cm³/mol. The maximum Gasteiger partial charge on any atom is 0.330 e. The van der Waals surface area contributed by atoms with Gasteiger partial charge in [0.05, 0.1) is 34.5 Å². The average Bonchev–Trinajstić information content (AvgIpc) is 2.53. The van der Waals surface area contributed by atoms with E-state index in [0.29, 0.717) is 22.8 Å². The molecular weight excluding hydrogens is 288 g/mol. The molecule has 0 heterocycles. The molecule has 0 amide bonds. The van der Waals surface area contributed by atoms with Crippen LogP contribution in [0.1, 0.15) is 18.4 Å². The van der Waals surface area contributed by atoms with E-state index in [4.69, 9.17) is 14.2 Å². The van der Waals surface area contributed by atoms with E-state index >= 15 is 0 Å². The van der Waals surface area contributed by atoms with Crippen molar-refractivity contribution in [2.75, 3.05) is 28.4 Å². The number of benzene rings is 1. The Morgan fingerprint density at radius 1 is 1.09 bits per heavy atom. The van der Waals surface area contributed by atoms with Gasteiger partial charge in [0.1, 0.15) is 17.2 Å². The van der Waals surface area contributed by atoms with Gasteiger partial charge in [-0.3, -0.25) is 0 Å². The Balaban J connectivity index is 3.40. The highest BCUT2D eigenvalue weighted by Gasteiger charge is 2.24. The van der Waals surface area contributed by atoms with E-state index in [2.05, 4.69) is 4.74 Å². The molecule has 0 saturated carbocycles. The highest BCUT2D eigenvalue weighted by molar-refractivity contribution is 5.82. The molecule has 0 spiro atoms. The van der Waals surface area contributed by atoms with E-state index in [0.717, 1.165) is 0 Å². The van der Waals surface area contributed by atoms with Crippen molar-refractivity contribution in [2.24, 2.45) is 0 Å². The van der Waals surface area contributed by atoms with Gasteiger partial charge in [-0.15, -0.1) is 0 Å². The van der Waals surface area contributed by atoms with Crippen LogP contribution in [0.4, 0.5) is 0 Å². The smallest absolute Gasteiger partial charge is 0.330 e. The molecule has 1 N–H and O–H groups in total. The molecule has 0 bridgehead atoms. The molecule has 122 valence electrons. The van der Waals surface area contributed by atoms with E-state index in [1.165, 1.54) is 34.5 Å². The molecule has 1 rings (SSSR count). The first-order chi connectivity index (χ1) is 10.5. The zero-order chi connectivity index (χ0) is 16.7. The molecule has 1 aromatic rings. The molecule has 0 saturated heterocycles. The molecular formula is C16H22O6. The molecule has 0 aromatic heterocycles. The lowest BCUT2D eigenvalue weighted by Crippen LogP contribution is -2.15. The number of esters is 1. The number of aliphatic hydroxyl groups excluding tert-OH is 1. The predicted octanol–water partition coefficient (Wildman–Crippen LogP) is 1.91. The molecule has 0 radical (unpaired) electrons. The Morgan fingerprint density at radius 2 is 1.64 bits per heavy atom. The van der Waals surface area contributed by atoms with Crippen molar-refractivity contribution in [3.05, 3.63) is 29.8 Å². The Bertz CT molecular complexity index is 510. The SMILES string of the molecule is COC(=O)/C=C/[C@H](c1c(OC)cc(OC)cc1OC)[C@@H](C)O. The van der Waals surface area contributed by atoms with Crippen molar-refractivity contribution in [3.8, 4) is 17.2 Å². The largest absolute Gasteiger partial charge is 0.496 e. The summed E-state index contributed by atoms with van der Waals surface area (Å²) >= 11 is 0. The summed E-state index contributed by atoms with van der Waals surface area (Å²) < 4.78 is 20.5. The monoisotopic (exact) mass is 310 g/mol. The summed E-state index contributed by atoms with van der Waals surface area (Å²) in [6.45, 7) is 1.62. The molecule has 0 aliphatic heterocycles.